The zero-order valence-electron chi connectivity index (χ0n) is 8.20. The van der Waals surface area contributed by atoms with E-state index < -0.39 is 0 Å². The molecule has 0 aliphatic rings. The first-order valence-electron chi connectivity index (χ1n) is 4.16. The molecule has 74 valence electrons. The summed E-state index contributed by atoms with van der Waals surface area (Å²) in [6.07, 6.45) is 2.81. The Morgan fingerprint density at radius 1 is 1.50 bits per heavy atom. The van der Waals surface area contributed by atoms with Crippen LogP contribution in [0.4, 0.5) is 0 Å². The summed E-state index contributed by atoms with van der Waals surface area (Å²) in [7, 11) is 0. The maximum absolute atomic E-state index is 11.0. The van der Waals surface area contributed by atoms with Gasteiger partial charge in [0, 0.05) is 10.6 Å². The Morgan fingerprint density at radius 3 is 2.79 bits per heavy atom. The molecule has 3 nitrogen and oxygen atoms in total. The van der Waals surface area contributed by atoms with Crippen molar-refractivity contribution >= 4 is 34.3 Å². The Morgan fingerprint density at radius 2 is 2.21 bits per heavy atom. The molecule has 14 heavy (non-hydrogen) atoms. The van der Waals surface area contributed by atoms with Gasteiger partial charge < -0.3 is 0 Å². The van der Waals surface area contributed by atoms with E-state index in [4.69, 9.17) is 0 Å². The second-order valence-electron chi connectivity index (χ2n) is 2.99. The average molecular weight is 226 g/mol. The van der Waals surface area contributed by atoms with Crippen LogP contribution in [0.3, 0.4) is 0 Å². The van der Waals surface area contributed by atoms with Gasteiger partial charge in [-0.3, -0.25) is 9.20 Å². The molecule has 0 saturated carbocycles. The number of thioether (sulfide) groups is 1. The first-order chi connectivity index (χ1) is 6.69. The highest BCUT2D eigenvalue weighted by molar-refractivity contribution is 7.98. The molecule has 2 aromatic rings. The molecule has 0 N–H and O–H groups in total. The van der Waals surface area contributed by atoms with Gasteiger partial charge in [-0.15, -0.1) is 23.1 Å². The van der Waals surface area contributed by atoms with E-state index in [1.54, 1.807) is 11.3 Å². The summed E-state index contributed by atoms with van der Waals surface area (Å²) in [4.78, 5) is 17.5. The SMILES string of the molecule is CSc1nc2sc(C)c(C)n2c1C=O. The van der Waals surface area contributed by atoms with Crippen molar-refractivity contribution in [1.82, 2.24) is 9.38 Å². The predicted octanol–water partition coefficient (Wildman–Crippen LogP) is 2.55. The van der Waals surface area contributed by atoms with E-state index in [1.807, 2.05) is 24.5 Å². The molecule has 0 spiro atoms. The molecule has 0 atom stereocenters. The van der Waals surface area contributed by atoms with Crippen molar-refractivity contribution in [2.75, 3.05) is 6.26 Å². The number of carbonyl (C=O) groups excluding carboxylic acids is 1. The van der Waals surface area contributed by atoms with Gasteiger partial charge >= 0.3 is 0 Å². The fourth-order valence-electron chi connectivity index (χ4n) is 1.41. The molecule has 0 aromatic carbocycles. The first kappa shape index (κ1) is 9.73. The molecule has 0 amide bonds. The van der Waals surface area contributed by atoms with Crippen LogP contribution in [0.25, 0.3) is 4.96 Å². The number of hydrogen-bond acceptors (Lipinski definition) is 4. The van der Waals surface area contributed by atoms with Crippen LogP contribution in [-0.2, 0) is 0 Å². The van der Waals surface area contributed by atoms with Crippen molar-refractivity contribution < 1.29 is 4.79 Å². The number of thiazole rings is 1. The van der Waals surface area contributed by atoms with Gasteiger partial charge in [0.15, 0.2) is 11.2 Å². The maximum Gasteiger partial charge on any atom is 0.195 e. The number of aldehydes is 1. The largest absolute Gasteiger partial charge is 0.296 e. The van der Waals surface area contributed by atoms with Crippen LogP contribution in [0, 0.1) is 13.8 Å². The van der Waals surface area contributed by atoms with Crippen LogP contribution in [-0.4, -0.2) is 21.9 Å². The molecular weight excluding hydrogens is 216 g/mol. The summed E-state index contributed by atoms with van der Waals surface area (Å²) in [5, 5.41) is 0.814. The highest BCUT2D eigenvalue weighted by Crippen LogP contribution is 2.27. The Labute approximate surface area is 90.2 Å². The summed E-state index contributed by atoms with van der Waals surface area (Å²) in [6, 6.07) is 0. The van der Waals surface area contributed by atoms with E-state index >= 15 is 0 Å². The number of nitrogens with zero attached hydrogens (tertiary/aromatic N) is 2. The van der Waals surface area contributed by atoms with Crippen LogP contribution in [0.15, 0.2) is 5.03 Å². The van der Waals surface area contributed by atoms with Crippen LogP contribution < -0.4 is 0 Å². The second-order valence-corrected chi connectivity index (χ2v) is 4.96. The number of aromatic nitrogens is 2. The molecule has 0 bridgehead atoms. The van der Waals surface area contributed by atoms with Gasteiger partial charge in [-0.25, -0.2) is 4.98 Å². The number of imidazole rings is 1. The lowest BCUT2D eigenvalue weighted by molar-refractivity contribution is 0.111. The van der Waals surface area contributed by atoms with Gasteiger partial charge in [0.2, 0.25) is 0 Å². The van der Waals surface area contributed by atoms with Crippen LogP contribution >= 0.6 is 23.1 Å². The number of aryl methyl sites for hydroxylation is 2. The van der Waals surface area contributed by atoms with Crippen LogP contribution in [0.5, 0.6) is 0 Å². The lowest BCUT2D eigenvalue weighted by Gasteiger charge is -1.95. The number of hydrogen-bond donors (Lipinski definition) is 0. The normalized spacial score (nSPS) is 11.1. The third kappa shape index (κ3) is 1.19. The van der Waals surface area contributed by atoms with Crippen LogP contribution in [0.2, 0.25) is 0 Å². The quantitative estimate of drug-likeness (QED) is 0.583. The Kier molecular flexibility index (Phi) is 2.36. The highest BCUT2D eigenvalue weighted by Gasteiger charge is 2.15. The maximum atomic E-state index is 11.0. The summed E-state index contributed by atoms with van der Waals surface area (Å²) in [6.45, 7) is 4.06. The van der Waals surface area contributed by atoms with Gasteiger partial charge in [-0.2, -0.15) is 0 Å². The summed E-state index contributed by atoms with van der Waals surface area (Å²) < 4.78 is 1.93. The predicted molar refractivity (Wildman–Crippen MR) is 59.7 cm³/mol. The fraction of sp³-hybridized carbons (Fsp3) is 0.333. The van der Waals surface area contributed by atoms with E-state index in [1.165, 1.54) is 16.6 Å². The molecule has 0 saturated heterocycles. The van der Waals surface area contributed by atoms with Crippen molar-refractivity contribution in [2.24, 2.45) is 0 Å². The molecule has 0 aliphatic heterocycles. The van der Waals surface area contributed by atoms with Crippen molar-refractivity contribution in [2.45, 2.75) is 18.9 Å². The molecule has 2 heterocycles. The number of rotatable bonds is 2. The van der Waals surface area contributed by atoms with Crippen molar-refractivity contribution in [1.29, 1.82) is 0 Å². The molecule has 0 fully saturated rings. The minimum Gasteiger partial charge on any atom is -0.296 e. The van der Waals surface area contributed by atoms with Crippen molar-refractivity contribution in [3.8, 4) is 0 Å². The molecular formula is C9H10N2OS2. The Bertz CT molecular complexity index is 498. The van der Waals surface area contributed by atoms with Crippen LogP contribution in [0.1, 0.15) is 21.1 Å². The molecule has 0 aliphatic carbocycles. The molecule has 0 radical (unpaired) electrons. The molecule has 2 rings (SSSR count). The third-order valence-corrected chi connectivity index (χ3v) is 3.99. The minimum atomic E-state index is 0.675. The van der Waals surface area contributed by atoms with Crippen molar-refractivity contribution in [3.05, 3.63) is 16.3 Å². The monoisotopic (exact) mass is 226 g/mol. The Balaban J connectivity index is 2.85. The second kappa shape index (κ2) is 3.40. The smallest absolute Gasteiger partial charge is 0.195 e. The standard InChI is InChI=1S/C9H10N2OS2/c1-5-6(2)14-9-10-8(13-3)7(4-12)11(5)9/h4H,1-3H3. The number of carbonyl (C=O) groups is 1. The minimum absolute atomic E-state index is 0.675. The van der Waals surface area contributed by atoms with Gasteiger partial charge in [0.05, 0.1) is 0 Å². The summed E-state index contributed by atoms with van der Waals surface area (Å²) in [5.41, 5.74) is 1.79. The Hall–Kier alpha value is -0.810. The summed E-state index contributed by atoms with van der Waals surface area (Å²) in [5.74, 6) is 0. The van der Waals surface area contributed by atoms with E-state index in [9.17, 15) is 4.79 Å². The molecule has 5 heteroatoms. The molecule has 2 aromatic heterocycles. The van der Waals surface area contributed by atoms with E-state index in [0.717, 1.165) is 22.0 Å². The van der Waals surface area contributed by atoms with Gasteiger partial charge in [-0.05, 0) is 20.1 Å². The van der Waals surface area contributed by atoms with Crippen molar-refractivity contribution in [3.63, 3.8) is 0 Å². The van der Waals surface area contributed by atoms with Gasteiger partial charge in [0.25, 0.3) is 0 Å². The topological polar surface area (TPSA) is 34.4 Å². The molecule has 0 unspecified atom stereocenters. The zero-order valence-corrected chi connectivity index (χ0v) is 9.83. The van der Waals surface area contributed by atoms with E-state index in [2.05, 4.69) is 4.98 Å². The fourth-order valence-corrected chi connectivity index (χ4v) is 2.97. The van der Waals surface area contributed by atoms with Gasteiger partial charge in [-0.1, -0.05) is 0 Å². The highest BCUT2D eigenvalue weighted by atomic mass is 32.2. The lowest BCUT2D eigenvalue weighted by atomic mass is 10.4. The summed E-state index contributed by atoms with van der Waals surface area (Å²) >= 11 is 3.13. The zero-order chi connectivity index (χ0) is 10.3. The van der Waals surface area contributed by atoms with E-state index in [-0.39, 0.29) is 0 Å². The first-order valence-corrected chi connectivity index (χ1v) is 6.20. The number of fused-ring (bicyclic) bond motifs is 1. The van der Waals surface area contributed by atoms with Gasteiger partial charge in [0.1, 0.15) is 10.7 Å². The lowest BCUT2D eigenvalue weighted by Crippen LogP contribution is -1.93. The third-order valence-electron chi connectivity index (χ3n) is 2.24. The average Bonchev–Trinajstić information content (AvgIpc) is 2.65. The van der Waals surface area contributed by atoms with E-state index in [0.29, 0.717) is 5.69 Å².